The zero-order valence-corrected chi connectivity index (χ0v) is 24.9. The Bertz CT molecular complexity index is 1620. The van der Waals surface area contributed by atoms with Crippen molar-refractivity contribution in [3.63, 3.8) is 0 Å². The normalized spacial score (nSPS) is 20.6. The number of fused-ring (bicyclic) bond motifs is 1. The molecule has 0 bridgehead atoms. The maximum absolute atomic E-state index is 11.3. The molecular weight excluding hydrogens is 552 g/mol. The molecule has 11 nitrogen and oxygen atoms in total. The van der Waals surface area contributed by atoms with Crippen molar-refractivity contribution in [2.24, 2.45) is 0 Å². The van der Waals surface area contributed by atoms with Gasteiger partial charge in [-0.05, 0) is 74.7 Å². The third-order valence-corrected chi connectivity index (χ3v) is 9.08. The van der Waals surface area contributed by atoms with Crippen LogP contribution in [0, 0.1) is 0 Å². The summed E-state index contributed by atoms with van der Waals surface area (Å²) >= 11 is 0. The number of ether oxygens (including phenoxy) is 1. The molecule has 0 atom stereocenters. The van der Waals surface area contributed by atoms with Crippen LogP contribution in [-0.4, -0.2) is 83.5 Å². The number of sulfonamides is 1. The summed E-state index contributed by atoms with van der Waals surface area (Å²) in [5.74, 6) is 1.76. The highest BCUT2D eigenvalue weighted by atomic mass is 32.2. The highest BCUT2D eigenvalue weighted by molar-refractivity contribution is 7.88. The zero-order valence-electron chi connectivity index (χ0n) is 24.1. The topological polar surface area (TPSA) is 132 Å². The van der Waals surface area contributed by atoms with E-state index in [9.17, 15) is 8.42 Å². The molecule has 3 N–H and O–H groups in total. The molecule has 0 unspecified atom stereocenters. The molecule has 2 aromatic heterocycles. The van der Waals surface area contributed by atoms with Crippen molar-refractivity contribution >= 4 is 26.9 Å². The van der Waals surface area contributed by atoms with E-state index in [1.807, 2.05) is 48.5 Å². The Morgan fingerprint density at radius 2 is 1.52 bits per heavy atom. The fraction of sp³-hybridized carbons (Fsp3) is 0.433. The van der Waals surface area contributed by atoms with Crippen LogP contribution in [0.1, 0.15) is 37.3 Å². The van der Waals surface area contributed by atoms with Crippen LogP contribution in [0.3, 0.4) is 0 Å². The Kier molecular flexibility index (Phi) is 8.13. The summed E-state index contributed by atoms with van der Waals surface area (Å²) in [7, 11) is -1.04. The molecule has 1 saturated carbocycles. The van der Waals surface area contributed by atoms with E-state index in [1.54, 1.807) is 0 Å². The molecule has 42 heavy (non-hydrogen) atoms. The fourth-order valence-electron chi connectivity index (χ4n) is 6.01. The lowest BCUT2D eigenvalue weighted by molar-refractivity contribution is 0.0815. The standard InChI is InChI=1S/C30H38N8O3S/c1-36-15-17-37(18-16-36)23-7-9-24(10-8-23)38-30-27(29(31)32-20-33-30)28(35-38)22-5-13-26(14-6-22)41-25-11-3-21(4-12-25)19-34-42(2,39)40/h3-6,11-14,20,23-24,34H,7-10,15-19H2,1-2H3,(H2,31,32,33). The van der Waals surface area contributed by atoms with Gasteiger partial charge in [0, 0.05) is 44.3 Å². The van der Waals surface area contributed by atoms with Crippen LogP contribution in [0.5, 0.6) is 11.5 Å². The monoisotopic (exact) mass is 590 g/mol. The first-order valence-electron chi connectivity index (χ1n) is 14.5. The molecule has 0 spiro atoms. The van der Waals surface area contributed by atoms with E-state index < -0.39 is 10.0 Å². The number of rotatable bonds is 8. The summed E-state index contributed by atoms with van der Waals surface area (Å²) in [6.45, 7) is 4.82. The van der Waals surface area contributed by atoms with Gasteiger partial charge in [0.15, 0.2) is 5.65 Å². The lowest BCUT2D eigenvalue weighted by Crippen LogP contribution is -2.49. The minimum absolute atomic E-state index is 0.235. The number of benzene rings is 2. The summed E-state index contributed by atoms with van der Waals surface area (Å²) in [6.07, 6.45) is 7.11. The van der Waals surface area contributed by atoms with Crippen LogP contribution < -0.4 is 15.2 Å². The van der Waals surface area contributed by atoms with E-state index in [1.165, 1.54) is 6.33 Å². The van der Waals surface area contributed by atoms with Crippen LogP contribution >= 0.6 is 0 Å². The Hall–Kier alpha value is -3.58. The maximum atomic E-state index is 11.3. The largest absolute Gasteiger partial charge is 0.457 e. The van der Waals surface area contributed by atoms with Gasteiger partial charge in [0.1, 0.15) is 29.3 Å². The number of hydrogen-bond acceptors (Lipinski definition) is 9. The number of nitrogen functional groups attached to an aromatic ring is 1. The number of hydrogen-bond donors (Lipinski definition) is 2. The molecule has 2 fully saturated rings. The highest BCUT2D eigenvalue weighted by Gasteiger charge is 2.30. The van der Waals surface area contributed by atoms with Gasteiger partial charge in [0.05, 0.1) is 17.7 Å². The number of likely N-dealkylation sites (N-methyl/N-ethyl adjacent to an activating group) is 1. The van der Waals surface area contributed by atoms with Gasteiger partial charge in [0.2, 0.25) is 10.0 Å². The number of anilines is 1. The molecule has 2 aromatic carbocycles. The Morgan fingerprint density at radius 3 is 2.17 bits per heavy atom. The van der Waals surface area contributed by atoms with Gasteiger partial charge in [-0.15, -0.1) is 0 Å². The fourth-order valence-corrected chi connectivity index (χ4v) is 6.44. The Labute approximate surface area is 246 Å². The van der Waals surface area contributed by atoms with E-state index in [4.69, 9.17) is 15.6 Å². The number of aromatic nitrogens is 4. The zero-order chi connectivity index (χ0) is 29.3. The minimum atomic E-state index is -3.24. The van der Waals surface area contributed by atoms with Crippen molar-refractivity contribution < 1.29 is 13.2 Å². The summed E-state index contributed by atoms with van der Waals surface area (Å²) in [5, 5.41) is 5.86. The molecule has 0 radical (unpaired) electrons. The molecule has 1 aliphatic heterocycles. The van der Waals surface area contributed by atoms with Crippen molar-refractivity contribution in [1.82, 2.24) is 34.3 Å². The van der Waals surface area contributed by atoms with Crippen molar-refractivity contribution in [2.75, 3.05) is 45.2 Å². The summed E-state index contributed by atoms with van der Waals surface area (Å²) in [4.78, 5) is 14.0. The molecule has 4 aromatic rings. The Morgan fingerprint density at radius 1 is 0.905 bits per heavy atom. The number of nitrogens with two attached hydrogens (primary N) is 1. The average molecular weight is 591 g/mol. The van der Waals surface area contributed by atoms with E-state index in [2.05, 4.69) is 36.2 Å². The SMILES string of the molecule is CN1CCN(C2CCC(n3nc(-c4ccc(Oc5ccc(CNS(C)(=O)=O)cc5)cc4)c4c(N)ncnc43)CC2)CC1. The molecule has 6 rings (SSSR count). The predicted molar refractivity (Wildman–Crippen MR) is 164 cm³/mol. The molecular formula is C30H38N8O3S. The van der Waals surface area contributed by atoms with Gasteiger partial charge in [0.25, 0.3) is 0 Å². The van der Waals surface area contributed by atoms with Crippen LogP contribution in [-0.2, 0) is 16.6 Å². The maximum Gasteiger partial charge on any atom is 0.209 e. The quantitative estimate of drug-likeness (QED) is 0.316. The van der Waals surface area contributed by atoms with E-state index in [-0.39, 0.29) is 12.6 Å². The molecule has 1 aliphatic carbocycles. The van der Waals surface area contributed by atoms with Gasteiger partial charge in [-0.25, -0.2) is 27.8 Å². The van der Waals surface area contributed by atoms with Crippen LogP contribution in [0.2, 0.25) is 0 Å². The van der Waals surface area contributed by atoms with Gasteiger partial charge in [-0.3, -0.25) is 4.90 Å². The van der Waals surface area contributed by atoms with E-state index >= 15 is 0 Å². The lowest BCUT2D eigenvalue weighted by atomic mass is 9.90. The van der Waals surface area contributed by atoms with Crippen molar-refractivity contribution in [3.05, 3.63) is 60.4 Å². The van der Waals surface area contributed by atoms with Gasteiger partial charge < -0.3 is 15.4 Å². The first-order valence-corrected chi connectivity index (χ1v) is 16.4. The summed E-state index contributed by atoms with van der Waals surface area (Å²) < 4.78 is 33.3. The third-order valence-electron chi connectivity index (χ3n) is 8.41. The Balaban J connectivity index is 1.17. The third kappa shape index (κ3) is 6.41. The second-order valence-electron chi connectivity index (χ2n) is 11.4. The average Bonchev–Trinajstić information content (AvgIpc) is 3.38. The smallest absolute Gasteiger partial charge is 0.209 e. The van der Waals surface area contributed by atoms with Gasteiger partial charge in [-0.1, -0.05) is 12.1 Å². The number of nitrogens with zero attached hydrogens (tertiary/aromatic N) is 6. The molecule has 2 aliphatic rings. The second kappa shape index (κ2) is 12.0. The van der Waals surface area contributed by atoms with Gasteiger partial charge >= 0.3 is 0 Å². The first-order chi connectivity index (χ1) is 20.2. The first kappa shape index (κ1) is 28.5. The lowest BCUT2D eigenvalue weighted by Gasteiger charge is -2.41. The molecule has 12 heteroatoms. The highest BCUT2D eigenvalue weighted by Crippen LogP contribution is 2.37. The van der Waals surface area contributed by atoms with Gasteiger partial charge in [-0.2, -0.15) is 5.10 Å². The molecule has 3 heterocycles. The van der Waals surface area contributed by atoms with Crippen molar-refractivity contribution in [1.29, 1.82) is 0 Å². The van der Waals surface area contributed by atoms with Crippen LogP contribution in [0.15, 0.2) is 54.9 Å². The van der Waals surface area contributed by atoms with E-state index in [0.29, 0.717) is 23.4 Å². The molecule has 1 saturated heterocycles. The molecule has 0 amide bonds. The summed E-state index contributed by atoms with van der Waals surface area (Å²) in [6, 6.07) is 16.0. The number of piperazine rings is 1. The van der Waals surface area contributed by atoms with Crippen LogP contribution in [0.25, 0.3) is 22.3 Å². The van der Waals surface area contributed by atoms with E-state index in [0.717, 1.165) is 86.0 Å². The van der Waals surface area contributed by atoms with Crippen LogP contribution in [0.4, 0.5) is 5.82 Å². The predicted octanol–water partition coefficient (Wildman–Crippen LogP) is 3.65. The molecule has 222 valence electrons. The van der Waals surface area contributed by atoms with Crippen molar-refractivity contribution in [3.8, 4) is 22.8 Å². The number of nitrogens with one attached hydrogen (secondary N) is 1. The minimum Gasteiger partial charge on any atom is -0.457 e. The van der Waals surface area contributed by atoms with Crippen molar-refractivity contribution in [2.45, 2.75) is 44.3 Å². The second-order valence-corrected chi connectivity index (χ2v) is 13.2. The summed E-state index contributed by atoms with van der Waals surface area (Å²) in [5.41, 5.74) is 9.70.